The van der Waals surface area contributed by atoms with E-state index in [4.69, 9.17) is 18.0 Å². The SMILES string of the molecule is CSC1CCCC(Nc2ccc(F)cc2C(N)=S)C1. The largest absolute Gasteiger partial charge is 0.389 e. The lowest BCUT2D eigenvalue weighted by atomic mass is 9.94. The van der Waals surface area contributed by atoms with E-state index in [-0.39, 0.29) is 10.8 Å². The van der Waals surface area contributed by atoms with Crippen molar-refractivity contribution in [2.24, 2.45) is 5.73 Å². The molecular weight excluding hydrogens is 279 g/mol. The summed E-state index contributed by atoms with van der Waals surface area (Å²) < 4.78 is 13.3. The molecule has 2 unspecified atom stereocenters. The molecule has 1 saturated carbocycles. The Labute approximate surface area is 123 Å². The summed E-state index contributed by atoms with van der Waals surface area (Å²) >= 11 is 6.91. The summed E-state index contributed by atoms with van der Waals surface area (Å²) in [7, 11) is 0. The van der Waals surface area contributed by atoms with Crippen molar-refractivity contribution in [3.8, 4) is 0 Å². The number of hydrogen-bond donors (Lipinski definition) is 2. The number of hydrogen-bond acceptors (Lipinski definition) is 3. The van der Waals surface area contributed by atoms with Gasteiger partial charge in [-0.05, 0) is 43.7 Å². The van der Waals surface area contributed by atoms with Gasteiger partial charge in [-0.15, -0.1) is 0 Å². The highest BCUT2D eigenvalue weighted by atomic mass is 32.2. The average molecular weight is 298 g/mol. The van der Waals surface area contributed by atoms with Crippen LogP contribution in [0.1, 0.15) is 31.2 Å². The number of thioether (sulfide) groups is 1. The summed E-state index contributed by atoms with van der Waals surface area (Å²) in [4.78, 5) is 0.235. The van der Waals surface area contributed by atoms with E-state index >= 15 is 0 Å². The Morgan fingerprint density at radius 3 is 2.95 bits per heavy atom. The zero-order chi connectivity index (χ0) is 13.8. The minimum atomic E-state index is -0.306. The maximum atomic E-state index is 13.3. The van der Waals surface area contributed by atoms with Gasteiger partial charge in [0, 0.05) is 22.5 Å². The fraction of sp³-hybridized carbons (Fsp3) is 0.500. The van der Waals surface area contributed by atoms with Crippen molar-refractivity contribution < 1.29 is 4.39 Å². The van der Waals surface area contributed by atoms with Gasteiger partial charge in [0.05, 0.1) is 0 Å². The molecule has 1 fully saturated rings. The molecule has 0 heterocycles. The van der Waals surface area contributed by atoms with Crippen LogP contribution in [0.5, 0.6) is 0 Å². The molecule has 0 aliphatic heterocycles. The molecular formula is C14H19FN2S2. The summed E-state index contributed by atoms with van der Waals surface area (Å²) in [5, 5.41) is 4.18. The van der Waals surface area contributed by atoms with Gasteiger partial charge >= 0.3 is 0 Å². The van der Waals surface area contributed by atoms with Crippen LogP contribution < -0.4 is 11.1 Å². The van der Waals surface area contributed by atoms with Gasteiger partial charge in [0.15, 0.2) is 0 Å². The molecule has 19 heavy (non-hydrogen) atoms. The number of anilines is 1. The molecule has 2 atom stereocenters. The minimum Gasteiger partial charge on any atom is -0.389 e. The fourth-order valence-electron chi connectivity index (χ4n) is 2.56. The summed E-state index contributed by atoms with van der Waals surface area (Å²) in [6.07, 6.45) is 6.95. The first-order valence-corrected chi connectivity index (χ1v) is 8.18. The van der Waals surface area contributed by atoms with Gasteiger partial charge in [0.1, 0.15) is 10.8 Å². The van der Waals surface area contributed by atoms with E-state index in [9.17, 15) is 4.39 Å². The third-order valence-electron chi connectivity index (χ3n) is 3.57. The number of halogens is 1. The summed E-state index contributed by atoms with van der Waals surface area (Å²) in [5.41, 5.74) is 7.11. The standard InChI is InChI=1S/C14H19FN2S2/c1-19-11-4-2-3-10(8-11)17-13-6-5-9(15)7-12(13)14(16)18/h5-7,10-11,17H,2-4,8H2,1H3,(H2,16,18). The quantitative estimate of drug-likeness (QED) is 0.834. The number of thiocarbonyl (C=S) groups is 1. The molecule has 3 N–H and O–H groups in total. The van der Waals surface area contributed by atoms with Crippen molar-refractivity contribution in [2.45, 2.75) is 37.0 Å². The van der Waals surface area contributed by atoms with Crippen LogP contribution in [0.2, 0.25) is 0 Å². The van der Waals surface area contributed by atoms with Crippen LogP contribution in [0.4, 0.5) is 10.1 Å². The number of benzene rings is 1. The smallest absolute Gasteiger partial charge is 0.124 e. The molecule has 0 radical (unpaired) electrons. The number of rotatable bonds is 4. The first-order chi connectivity index (χ1) is 9.10. The van der Waals surface area contributed by atoms with Crippen molar-refractivity contribution in [3.63, 3.8) is 0 Å². The number of nitrogens with two attached hydrogens (primary N) is 1. The highest BCUT2D eigenvalue weighted by molar-refractivity contribution is 7.99. The van der Waals surface area contributed by atoms with Gasteiger partial charge in [-0.25, -0.2) is 4.39 Å². The lowest BCUT2D eigenvalue weighted by Gasteiger charge is -2.30. The molecule has 0 bridgehead atoms. The second-order valence-corrected chi connectivity index (χ2v) is 6.50. The van der Waals surface area contributed by atoms with E-state index in [1.807, 2.05) is 11.8 Å². The Balaban J connectivity index is 2.12. The number of nitrogens with one attached hydrogen (secondary N) is 1. The van der Waals surface area contributed by atoms with Crippen LogP contribution in [0, 0.1) is 5.82 Å². The van der Waals surface area contributed by atoms with Crippen LogP contribution in [0.25, 0.3) is 0 Å². The molecule has 0 spiro atoms. The van der Waals surface area contributed by atoms with E-state index in [0.717, 1.165) is 18.5 Å². The van der Waals surface area contributed by atoms with Gasteiger partial charge in [-0.1, -0.05) is 18.6 Å². The molecule has 2 nitrogen and oxygen atoms in total. The molecule has 1 aliphatic rings. The van der Waals surface area contributed by atoms with Crippen LogP contribution in [-0.4, -0.2) is 22.5 Å². The Kier molecular flexibility index (Phi) is 5.05. The predicted octanol–water partition coefficient (Wildman–Crippen LogP) is 3.55. The maximum absolute atomic E-state index is 13.3. The Morgan fingerprint density at radius 1 is 1.47 bits per heavy atom. The van der Waals surface area contributed by atoms with Crippen LogP contribution in [0.15, 0.2) is 18.2 Å². The van der Waals surface area contributed by atoms with Crippen LogP contribution in [0.3, 0.4) is 0 Å². The first-order valence-electron chi connectivity index (χ1n) is 6.49. The Hall–Kier alpha value is -0.810. The van der Waals surface area contributed by atoms with E-state index in [1.165, 1.54) is 25.0 Å². The topological polar surface area (TPSA) is 38.0 Å². The lowest BCUT2D eigenvalue weighted by Crippen LogP contribution is -2.29. The fourth-order valence-corrected chi connectivity index (χ4v) is 3.55. The highest BCUT2D eigenvalue weighted by Gasteiger charge is 2.22. The minimum absolute atomic E-state index is 0.235. The summed E-state index contributed by atoms with van der Waals surface area (Å²) in [6.45, 7) is 0. The highest BCUT2D eigenvalue weighted by Crippen LogP contribution is 2.29. The summed E-state index contributed by atoms with van der Waals surface area (Å²) in [5.74, 6) is -0.306. The van der Waals surface area contributed by atoms with Gasteiger partial charge in [0.25, 0.3) is 0 Å². The van der Waals surface area contributed by atoms with Crippen molar-refractivity contribution >= 4 is 34.7 Å². The Bertz CT molecular complexity index is 465. The molecule has 0 amide bonds. The molecule has 5 heteroatoms. The first kappa shape index (κ1) is 14.6. The monoisotopic (exact) mass is 298 g/mol. The molecule has 104 valence electrons. The summed E-state index contributed by atoms with van der Waals surface area (Å²) in [6, 6.07) is 5.00. The van der Waals surface area contributed by atoms with Crippen LogP contribution in [-0.2, 0) is 0 Å². The zero-order valence-corrected chi connectivity index (χ0v) is 12.6. The lowest BCUT2D eigenvalue weighted by molar-refractivity contribution is 0.473. The predicted molar refractivity (Wildman–Crippen MR) is 85.5 cm³/mol. The van der Waals surface area contributed by atoms with Gasteiger partial charge in [0.2, 0.25) is 0 Å². The third kappa shape index (κ3) is 3.83. The van der Waals surface area contributed by atoms with E-state index in [2.05, 4.69) is 11.6 Å². The van der Waals surface area contributed by atoms with Crippen molar-refractivity contribution in [2.75, 3.05) is 11.6 Å². The molecule has 1 aromatic rings. The van der Waals surface area contributed by atoms with Gasteiger partial charge in [-0.2, -0.15) is 11.8 Å². The third-order valence-corrected chi connectivity index (χ3v) is 4.88. The zero-order valence-electron chi connectivity index (χ0n) is 11.0. The van der Waals surface area contributed by atoms with E-state index in [1.54, 1.807) is 6.07 Å². The van der Waals surface area contributed by atoms with Gasteiger partial charge in [-0.3, -0.25) is 0 Å². The maximum Gasteiger partial charge on any atom is 0.124 e. The second kappa shape index (κ2) is 6.57. The Morgan fingerprint density at radius 2 is 2.26 bits per heavy atom. The molecule has 2 rings (SSSR count). The molecule has 0 aromatic heterocycles. The van der Waals surface area contributed by atoms with Crippen molar-refractivity contribution in [3.05, 3.63) is 29.6 Å². The molecule has 1 aliphatic carbocycles. The van der Waals surface area contributed by atoms with Crippen LogP contribution >= 0.6 is 24.0 Å². The van der Waals surface area contributed by atoms with Crippen molar-refractivity contribution in [1.82, 2.24) is 0 Å². The van der Waals surface area contributed by atoms with E-state index < -0.39 is 0 Å². The van der Waals surface area contributed by atoms with E-state index in [0.29, 0.717) is 16.9 Å². The normalized spacial score (nSPS) is 23.1. The average Bonchev–Trinajstić information content (AvgIpc) is 2.41. The molecule has 0 saturated heterocycles. The second-order valence-electron chi connectivity index (χ2n) is 4.92. The van der Waals surface area contributed by atoms with Gasteiger partial charge < -0.3 is 11.1 Å². The van der Waals surface area contributed by atoms with Crippen molar-refractivity contribution in [1.29, 1.82) is 0 Å². The molecule has 1 aromatic carbocycles.